The fourth-order valence-corrected chi connectivity index (χ4v) is 3.81. The minimum Gasteiger partial charge on any atom is -0.624 e. The van der Waals surface area contributed by atoms with Crippen LogP contribution in [0.1, 0.15) is 5.89 Å². The van der Waals surface area contributed by atoms with Gasteiger partial charge in [0.25, 0.3) is 0 Å². The molecule has 6 aromatic rings. The Balaban J connectivity index is 0.000000146. The number of nitrogens with zero attached hydrogens (tertiary/aromatic N) is 3. The molecule has 0 fully saturated rings. The third kappa shape index (κ3) is 5.05. The molecule has 0 aliphatic carbocycles. The first-order valence-electron chi connectivity index (χ1n) is 11.2. The molecule has 0 unspecified atom stereocenters. The maximum atomic E-state index is 5.60. The van der Waals surface area contributed by atoms with Crippen molar-refractivity contribution < 1.29 is 29.3 Å². The van der Waals surface area contributed by atoms with E-state index in [1.54, 1.807) is 12.3 Å². The summed E-state index contributed by atoms with van der Waals surface area (Å²) >= 11 is 0. The number of ether oxygens (including phenoxy) is 1. The van der Waals surface area contributed by atoms with E-state index in [1.807, 2.05) is 84.9 Å². The van der Waals surface area contributed by atoms with Crippen molar-refractivity contribution in [3.05, 3.63) is 132 Å². The molecule has 1 aliphatic rings. The summed E-state index contributed by atoms with van der Waals surface area (Å²) in [7, 11) is 0. The quantitative estimate of drug-likeness (QED) is 0.180. The zero-order chi connectivity index (χ0) is 23.5. The number of oxazole rings is 1. The number of rotatable bonds is 2. The first-order chi connectivity index (χ1) is 17.3. The van der Waals surface area contributed by atoms with Crippen molar-refractivity contribution >= 4 is 33.6 Å². The van der Waals surface area contributed by atoms with Crippen LogP contribution in [0.2, 0.25) is 0 Å². The molecule has 0 atom stereocenters. The Morgan fingerprint density at radius 3 is 2.42 bits per heavy atom. The topological polar surface area (TPSA) is 62.2 Å². The number of hydrogen-bond acceptors (Lipinski definition) is 4. The van der Waals surface area contributed by atoms with Crippen LogP contribution in [-0.2, 0) is 20.1 Å². The molecule has 7 rings (SSSR count). The molecule has 0 saturated heterocycles. The summed E-state index contributed by atoms with van der Waals surface area (Å²) < 4.78 is 11.2. The average molecular weight is 646 g/mol. The van der Waals surface area contributed by atoms with Gasteiger partial charge in [-0.3, -0.25) is 0 Å². The van der Waals surface area contributed by atoms with Crippen molar-refractivity contribution in [2.75, 3.05) is 0 Å². The first kappa shape index (κ1) is 23.5. The van der Waals surface area contributed by atoms with Crippen molar-refractivity contribution in [2.45, 2.75) is 0 Å². The van der Waals surface area contributed by atoms with Gasteiger partial charge in [0.15, 0.2) is 5.58 Å². The van der Waals surface area contributed by atoms with Gasteiger partial charge >= 0.3 is 0 Å². The Morgan fingerprint density at radius 1 is 0.806 bits per heavy atom. The normalized spacial score (nSPS) is 12.7. The van der Waals surface area contributed by atoms with Crippen LogP contribution in [-0.4, -0.2) is 9.97 Å². The first-order valence-corrected chi connectivity index (χ1v) is 11.2. The summed E-state index contributed by atoms with van der Waals surface area (Å²) in [5, 5.41) is 6.79. The Kier molecular flexibility index (Phi) is 6.89. The second-order valence-electron chi connectivity index (χ2n) is 7.87. The Bertz CT molecular complexity index is 1600. The summed E-state index contributed by atoms with van der Waals surface area (Å²) in [5.74, 6) is 1.74. The van der Waals surface area contributed by atoms with Gasteiger partial charge < -0.3 is 19.5 Å². The number of hydrogen-bond donors (Lipinski definition) is 0. The molecule has 36 heavy (non-hydrogen) atoms. The van der Waals surface area contributed by atoms with Gasteiger partial charge in [-0.2, -0.15) is 0 Å². The number of fused-ring (bicyclic) bond motifs is 3. The average Bonchev–Trinajstić information content (AvgIpc) is 3.52. The number of pyridine rings is 1. The molecule has 0 bridgehead atoms. The van der Waals surface area contributed by atoms with Crippen molar-refractivity contribution in [2.24, 2.45) is 0 Å². The molecule has 6 heteroatoms. The van der Waals surface area contributed by atoms with E-state index in [4.69, 9.17) is 9.15 Å². The summed E-state index contributed by atoms with van der Waals surface area (Å²) in [5.41, 5.74) is 4.41. The van der Waals surface area contributed by atoms with Gasteiger partial charge in [-0.05, 0) is 30.0 Å². The third-order valence-electron chi connectivity index (χ3n) is 5.49. The van der Waals surface area contributed by atoms with Crippen molar-refractivity contribution in [1.29, 1.82) is 0 Å². The van der Waals surface area contributed by atoms with E-state index in [9.17, 15) is 0 Å². The third-order valence-corrected chi connectivity index (χ3v) is 5.49. The maximum absolute atomic E-state index is 5.60. The molecule has 4 aromatic carbocycles. The van der Waals surface area contributed by atoms with E-state index in [0.717, 1.165) is 33.8 Å². The van der Waals surface area contributed by atoms with E-state index in [-0.39, 0.29) is 20.1 Å². The molecule has 2 aromatic heterocycles. The summed E-state index contributed by atoms with van der Waals surface area (Å²) in [4.78, 5) is 8.68. The molecule has 5 nitrogen and oxygen atoms in total. The number of benzene rings is 4. The van der Waals surface area contributed by atoms with Gasteiger partial charge in [0.1, 0.15) is 11.3 Å². The van der Waals surface area contributed by atoms with Crippen LogP contribution in [0.3, 0.4) is 0 Å². The monoisotopic (exact) mass is 646 g/mol. The van der Waals surface area contributed by atoms with Crippen molar-refractivity contribution in [3.63, 3.8) is 0 Å². The van der Waals surface area contributed by atoms with E-state index in [2.05, 4.69) is 39.6 Å². The summed E-state index contributed by atoms with van der Waals surface area (Å²) in [6.07, 6.45) is 3.50. The predicted octanol–water partition coefficient (Wildman–Crippen LogP) is 7.92. The summed E-state index contributed by atoms with van der Waals surface area (Å²) in [6.45, 7) is 0. The van der Waals surface area contributed by atoms with E-state index in [0.29, 0.717) is 11.8 Å². The molecule has 1 aliphatic heterocycles. The zero-order valence-corrected chi connectivity index (χ0v) is 21.4. The van der Waals surface area contributed by atoms with Gasteiger partial charge in [-0.25, -0.2) is 4.98 Å². The molecule has 0 N–H and O–H groups in total. The second kappa shape index (κ2) is 10.6. The van der Waals surface area contributed by atoms with Crippen LogP contribution in [0, 0.1) is 6.07 Å². The fourth-order valence-electron chi connectivity index (χ4n) is 3.81. The van der Waals surface area contributed by atoms with Crippen molar-refractivity contribution in [3.8, 4) is 17.0 Å². The smallest absolute Gasteiger partial charge is 0.221 e. The van der Waals surface area contributed by atoms with E-state index in [1.165, 1.54) is 10.8 Å². The van der Waals surface area contributed by atoms with Gasteiger partial charge in [0.05, 0.1) is 0 Å². The molecule has 0 amide bonds. The van der Waals surface area contributed by atoms with E-state index >= 15 is 0 Å². The maximum Gasteiger partial charge on any atom is 0.221 e. The second-order valence-corrected chi connectivity index (χ2v) is 7.87. The summed E-state index contributed by atoms with van der Waals surface area (Å²) in [6, 6.07) is 36.8. The van der Waals surface area contributed by atoms with Gasteiger partial charge in [-0.1, -0.05) is 77.8 Å². The van der Waals surface area contributed by atoms with Crippen LogP contribution in [0.25, 0.3) is 44.5 Å². The largest absolute Gasteiger partial charge is 0.624 e. The Hall–Kier alpha value is -4.25. The minimum atomic E-state index is 0. The van der Waals surface area contributed by atoms with Crippen LogP contribution in [0.15, 0.2) is 120 Å². The fraction of sp³-hybridized carbons (Fsp3) is 0. The molecule has 1 radical (unpaired) electrons. The van der Waals surface area contributed by atoms with Crippen molar-refractivity contribution in [1.82, 2.24) is 9.97 Å². The van der Waals surface area contributed by atoms with Crippen LogP contribution < -0.4 is 4.74 Å². The van der Waals surface area contributed by atoms with Gasteiger partial charge in [0, 0.05) is 38.3 Å². The molecular formula is C30H19IrN3O2-2. The SMILES string of the molecule is C(=C1/[N-]c2ccccc2O1)/c1nc2ccccc2o1.[Ir].[c-]1cc2ccccc2cc1-c1ccccn1. The van der Waals surface area contributed by atoms with E-state index < -0.39 is 0 Å². The number of aromatic nitrogens is 2. The molecule has 0 saturated carbocycles. The van der Waals surface area contributed by atoms with Crippen LogP contribution in [0.5, 0.6) is 5.75 Å². The molecule has 0 spiro atoms. The Labute approximate surface area is 221 Å². The Morgan fingerprint density at radius 2 is 1.58 bits per heavy atom. The van der Waals surface area contributed by atoms with Gasteiger partial charge in [0.2, 0.25) is 5.89 Å². The predicted molar refractivity (Wildman–Crippen MR) is 138 cm³/mol. The standard InChI is InChI=1S/C15H9N2O2.C15H10N.Ir/c1-3-7-12-10(5-1)16-14(18-12)9-15-17-11-6-2-4-8-13(11)19-15;1-2-6-13-11-14(9-8-12(13)5-1)15-7-3-4-10-16-15;/h1-9H;1-8,10-11H;/q2*-1;/b14-9+;;. The molecule has 3 heterocycles. The van der Waals surface area contributed by atoms with Crippen LogP contribution >= 0.6 is 0 Å². The number of para-hydroxylation sites is 4. The minimum absolute atomic E-state index is 0. The molecule has 177 valence electrons. The van der Waals surface area contributed by atoms with Crippen LogP contribution in [0.4, 0.5) is 5.69 Å². The van der Waals surface area contributed by atoms with Gasteiger partial charge in [-0.15, -0.1) is 29.1 Å². The molecular weight excluding hydrogens is 627 g/mol. The zero-order valence-electron chi connectivity index (χ0n) is 19.0.